The van der Waals surface area contributed by atoms with Crippen molar-refractivity contribution in [3.05, 3.63) is 21.4 Å². The summed E-state index contributed by atoms with van der Waals surface area (Å²) in [6.45, 7) is 12.1. The average molecular weight is 268 g/mol. The molecule has 0 aromatic carbocycles. The fourth-order valence-corrected chi connectivity index (χ4v) is 3.41. The van der Waals surface area contributed by atoms with Gasteiger partial charge in [-0.3, -0.25) is 4.90 Å². The molecule has 0 amide bonds. The predicted octanol–water partition coefficient (Wildman–Crippen LogP) is 3.79. The van der Waals surface area contributed by atoms with Gasteiger partial charge in [0.25, 0.3) is 0 Å². The summed E-state index contributed by atoms with van der Waals surface area (Å²) in [5.41, 5.74) is 1.50. The molecule has 18 heavy (non-hydrogen) atoms. The second-order valence-electron chi connectivity index (χ2n) is 4.96. The molecule has 2 nitrogen and oxygen atoms in total. The molecule has 3 heteroatoms. The quantitative estimate of drug-likeness (QED) is 0.772. The molecule has 104 valence electrons. The van der Waals surface area contributed by atoms with E-state index in [1.807, 2.05) is 11.3 Å². The van der Waals surface area contributed by atoms with Crippen molar-refractivity contribution in [1.29, 1.82) is 0 Å². The maximum atomic E-state index is 3.40. The second-order valence-corrected chi connectivity index (χ2v) is 6.30. The summed E-state index contributed by atoms with van der Waals surface area (Å²) in [6, 6.07) is 3.09. The lowest BCUT2D eigenvalue weighted by Crippen LogP contribution is -2.30. The third kappa shape index (κ3) is 4.38. The van der Waals surface area contributed by atoms with Crippen molar-refractivity contribution < 1.29 is 0 Å². The molecule has 1 rings (SSSR count). The monoisotopic (exact) mass is 268 g/mol. The van der Waals surface area contributed by atoms with Crippen molar-refractivity contribution in [3.63, 3.8) is 0 Å². The van der Waals surface area contributed by atoms with Gasteiger partial charge in [0.05, 0.1) is 0 Å². The maximum absolute atomic E-state index is 3.40. The summed E-state index contributed by atoms with van der Waals surface area (Å²) in [5.74, 6) is 0. The average Bonchev–Trinajstić information content (AvgIpc) is 2.69. The second kappa shape index (κ2) is 7.93. The van der Waals surface area contributed by atoms with E-state index in [0.29, 0.717) is 6.04 Å². The van der Waals surface area contributed by atoms with Crippen molar-refractivity contribution in [3.8, 4) is 0 Å². The molecule has 0 aliphatic carbocycles. The lowest BCUT2D eigenvalue weighted by Gasteiger charge is -2.25. The first-order chi connectivity index (χ1) is 8.62. The minimum absolute atomic E-state index is 0.710. The van der Waals surface area contributed by atoms with Crippen LogP contribution in [0.4, 0.5) is 0 Å². The first-order valence-electron chi connectivity index (χ1n) is 7.11. The molecular formula is C15H28N2S. The maximum Gasteiger partial charge on any atom is 0.0299 e. The molecule has 0 spiro atoms. The molecule has 0 aliphatic heterocycles. The molecule has 0 aliphatic rings. The smallest absolute Gasteiger partial charge is 0.0299 e. The Morgan fingerprint density at radius 1 is 1.28 bits per heavy atom. The van der Waals surface area contributed by atoms with Crippen LogP contribution in [0.15, 0.2) is 6.07 Å². The van der Waals surface area contributed by atoms with E-state index in [4.69, 9.17) is 0 Å². The number of hydrogen-bond donors (Lipinski definition) is 1. The fourth-order valence-electron chi connectivity index (χ4n) is 2.39. The highest BCUT2D eigenvalue weighted by molar-refractivity contribution is 7.12. The van der Waals surface area contributed by atoms with Crippen LogP contribution in [0.2, 0.25) is 0 Å². The summed E-state index contributed by atoms with van der Waals surface area (Å²) in [4.78, 5) is 5.43. The van der Waals surface area contributed by atoms with Gasteiger partial charge >= 0.3 is 0 Å². The molecular weight excluding hydrogens is 240 g/mol. The number of hydrogen-bond acceptors (Lipinski definition) is 3. The molecule has 0 bridgehead atoms. The van der Waals surface area contributed by atoms with E-state index in [9.17, 15) is 0 Å². The summed E-state index contributed by atoms with van der Waals surface area (Å²) in [5, 5.41) is 3.40. The molecule has 0 fully saturated rings. The Kier molecular flexibility index (Phi) is 6.90. The largest absolute Gasteiger partial charge is 0.312 e. The molecule has 1 aromatic rings. The zero-order chi connectivity index (χ0) is 13.5. The highest BCUT2D eigenvalue weighted by Gasteiger charge is 2.13. The van der Waals surface area contributed by atoms with Gasteiger partial charge in [0, 0.05) is 28.9 Å². The Labute approximate surface area is 116 Å². The topological polar surface area (TPSA) is 15.3 Å². The summed E-state index contributed by atoms with van der Waals surface area (Å²) < 4.78 is 0. The predicted molar refractivity (Wildman–Crippen MR) is 82.3 cm³/mol. The van der Waals surface area contributed by atoms with Crippen LogP contribution < -0.4 is 5.32 Å². The third-order valence-corrected chi connectivity index (χ3v) is 4.70. The minimum atomic E-state index is 0.710. The van der Waals surface area contributed by atoms with Gasteiger partial charge in [0.1, 0.15) is 0 Å². The number of nitrogens with one attached hydrogen (secondary N) is 1. The zero-order valence-electron chi connectivity index (χ0n) is 12.5. The van der Waals surface area contributed by atoms with Crippen molar-refractivity contribution in [2.75, 3.05) is 13.6 Å². The van der Waals surface area contributed by atoms with Crippen LogP contribution in [-0.2, 0) is 13.1 Å². The molecule has 1 heterocycles. The van der Waals surface area contributed by atoms with Crippen LogP contribution in [0.1, 0.15) is 48.9 Å². The van der Waals surface area contributed by atoms with E-state index in [0.717, 1.165) is 19.6 Å². The van der Waals surface area contributed by atoms with Gasteiger partial charge in [-0.25, -0.2) is 0 Å². The normalized spacial score (nSPS) is 11.7. The number of thiophene rings is 1. The van der Waals surface area contributed by atoms with Crippen LogP contribution in [-0.4, -0.2) is 24.5 Å². The van der Waals surface area contributed by atoms with E-state index in [-0.39, 0.29) is 0 Å². The molecule has 0 radical (unpaired) electrons. The Balaban J connectivity index is 2.63. The van der Waals surface area contributed by atoms with E-state index < -0.39 is 0 Å². The van der Waals surface area contributed by atoms with Crippen molar-refractivity contribution >= 4 is 11.3 Å². The molecule has 0 atom stereocenters. The molecule has 0 unspecified atom stereocenters. The van der Waals surface area contributed by atoms with Gasteiger partial charge in [-0.05, 0) is 45.0 Å². The van der Waals surface area contributed by atoms with E-state index >= 15 is 0 Å². The Morgan fingerprint density at radius 3 is 2.50 bits per heavy atom. The van der Waals surface area contributed by atoms with Crippen molar-refractivity contribution in [2.45, 2.75) is 59.7 Å². The summed E-state index contributed by atoms with van der Waals surface area (Å²) in [7, 11) is 2.25. The van der Waals surface area contributed by atoms with Crippen LogP contribution in [0.25, 0.3) is 0 Å². The minimum Gasteiger partial charge on any atom is -0.312 e. The Morgan fingerprint density at radius 2 is 1.94 bits per heavy atom. The van der Waals surface area contributed by atoms with Gasteiger partial charge in [0.2, 0.25) is 0 Å². The lowest BCUT2D eigenvalue weighted by atomic mass is 10.1. The molecule has 1 aromatic heterocycles. The van der Waals surface area contributed by atoms with Crippen LogP contribution in [0, 0.1) is 6.92 Å². The first-order valence-corrected chi connectivity index (χ1v) is 7.93. The van der Waals surface area contributed by atoms with Crippen molar-refractivity contribution in [1.82, 2.24) is 10.2 Å². The van der Waals surface area contributed by atoms with Gasteiger partial charge in [0.15, 0.2) is 0 Å². The van der Waals surface area contributed by atoms with E-state index in [1.54, 1.807) is 0 Å². The van der Waals surface area contributed by atoms with Crippen LogP contribution in [0.3, 0.4) is 0 Å². The van der Waals surface area contributed by atoms with Crippen LogP contribution in [0.5, 0.6) is 0 Å². The van der Waals surface area contributed by atoms with Crippen molar-refractivity contribution in [2.24, 2.45) is 0 Å². The van der Waals surface area contributed by atoms with Gasteiger partial charge in [-0.1, -0.05) is 20.8 Å². The zero-order valence-corrected chi connectivity index (χ0v) is 13.4. The standard InChI is InChI=1S/C15H28N2S/c1-6-14(7-2)17(5)11-13-9-15(10-16-8-3)18-12(13)4/h9,14,16H,6-8,10-11H2,1-5H3. The molecule has 0 saturated carbocycles. The van der Waals surface area contributed by atoms with Gasteiger partial charge < -0.3 is 5.32 Å². The highest BCUT2D eigenvalue weighted by Crippen LogP contribution is 2.23. The molecule has 1 N–H and O–H groups in total. The number of rotatable bonds is 8. The fraction of sp³-hybridized carbons (Fsp3) is 0.733. The summed E-state index contributed by atoms with van der Waals surface area (Å²) in [6.07, 6.45) is 2.47. The number of nitrogens with zero attached hydrogens (tertiary/aromatic N) is 1. The first kappa shape index (κ1) is 15.7. The lowest BCUT2D eigenvalue weighted by molar-refractivity contribution is 0.221. The SMILES string of the molecule is CCNCc1cc(CN(C)C(CC)CC)c(C)s1. The van der Waals surface area contributed by atoms with Crippen LogP contribution >= 0.6 is 11.3 Å². The molecule has 0 saturated heterocycles. The van der Waals surface area contributed by atoms with Gasteiger partial charge in [-0.2, -0.15) is 0 Å². The van der Waals surface area contributed by atoms with E-state index in [1.165, 1.54) is 28.2 Å². The highest BCUT2D eigenvalue weighted by atomic mass is 32.1. The third-order valence-electron chi connectivity index (χ3n) is 3.61. The van der Waals surface area contributed by atoms with E-state index in [2.05, 4.69) is 51.0 Å². The number of aryl methyl sites for hydroxylation is 1. The van der Waals surface area contributed by atoms with Gasteiger partial charge in [-0.15, -0.1) is 11.3 Å². The summed E-state index contributed by atoms with van der Waals surface area (Å²) >= 11 is 1.93. The Bertz CT molecular complexity index is 342. The Hall–Kier alpha value is -0.380.